The van der Waals surface area contributed by atoms with Gasteiger partial charge in [-0.25, -0.2) is 0 Å². The molecule has 0 spiro atoms. The summed E-state index contributed by atoms with van der Waals surface area (Å²) in [5.74, 6) is 1.67. The molecule has 1 atom stereocenters. The monoisotopic (exact) mass is 254 g/mol. The lowest BCUT2D eigenvalue weighted by Crippen LogP contribution is -2.09. The van der Waals surface area contributed by atoms with E-state index in [0.29, 0.717) is 17.7 Å². The van der Waals surface area contributed by atoms with Crippen LogP contribution in [0.2, 0.25) is 0 Å². The largest absolute Gasteiger partial charge is 0.381 e. The first-order valence-corrected chi connectivity index (χ1v) is 6.87. The molecule has 2 heteroatoms. The van der Waals surface area contributed by atoms with Crippen LogP contribution in [0.3, 0.4) is 0 Å². The maximum absolute atomic E-state index is 6.06. The molecule has 0 N–H and O–H groups in total. The highest BCUT2D eigenvalue weighted by atomic mass is 35.5. The van der Waals surface area contributed by atoms with E-state index < -0.39 is 0 Å². The van der Waals surface area contributed by atoms with E-state index in [9.17, 15) is 0 Å². The van der Waals surface area contributed by atoms with Gasteiger partial charge >= 0.3 is 0 Å². The van der Waals surface area contributed by atoms with E-state index in [4.69, 9.17) is 16.3 Å². The first-order chi connectivity index (χ1) is 8.15. The summed E-state index contributed by atoms with van der Waals surface area (Å²) in [6.45, 7) is 8.11. The number of hydrogen-bond acceptors (Lipinski definition) is 1. The first-order valence-electron chi connectivity index (χ1n) is 6.34. The number of ether oxygens (including phenoxy) is 1. The summed E-state index contributed by atoms with van der Waals surface area (Å²) < 4.78 is 5.63. The molecule has 17 heavy (non-hydrogen) atoms. The normalized spacial score (nSPS) is 13.0. The predicted molar refractivity (Wildman–Crippen MR) is 74.9 cm³/mol. The highest BCUT2D eigenvalue weighted by Crippen LogP contribution is 2.24. The molecule has 0 aliphatic carbocycles. The Morgan fingerprint density at radius 2 is 1.94 bits per heavy atom. The fourth-order valence-electron chi connectivity index (χ4n) is 1.91. The summed E-state index contributed by atoms with van der Waals surface area (Å²) in [4.78, 5) is 0. The third kappa shape index (κ3) is 5.10. The van der Waals surface area contributed by atoms with Crippen LogP contribution in [0.5, 0.6) is 0 Å². The van der Waals surface area contributed by atoms with Crippen molar-refractivity contribution in [1.82, 2.24) is 0 Å². The molecule has 96 valence electrons. The van der Waals surface area contributed by atoms with Gasteiger partial charge in [-0.15, -0.1) is 11.6 Å². The van der Waals surface area contributed by atoms with Crippen molar-refractivity contribution in [3.05, 3.63) is 35.4 Å². The van der Waals surface area contributed by atoms with Crippen molar-refractivity contribution in [2.45, 2.75) is 33.1 Å². The lowest BCUT2D eigenvalue weighted by atomic mass is 9.94. The van der Waals surface area contributed by atoms with E-state index in [1.54, 1.807) is 0 Å². The summed E-state index contributed by atoms with van der Waals surface area (Å²) in [5.41, 5.74) is 2.68. The van der Waals surface area contributed by atoms with Crippen molar-refractivity contribution in [3.8, 4) is 0 Å². The minimum absolute atomic E-state index is 0.407. The molecule has 0 saturated heterocycles. The molecule has 0 saturated carbocycles. The van der Waals surface area contributed by atoms with E-state index in [0.717, 1.165) is 19.6 Å². The maximum atomic E-state index is 6.06. The van der Waals surface area contributed by atoms with Crippen LogP contribution in [0.1, 0.15) is 37.3 Å². The van der Waals surface area contributed by atoms with Crippen molar-refractivity contribution in [1.29, 1.82) is 0 Å². The Hall–Kier alpha value is -0.530. The van der Waals surface area contributed by atoms with Crippen LogP contribution in [0.15, 0.2) is 24.3 Å². The molecule has 0 heterocycles. The highest BCUT2D eigenvalue weighted by molar-refractivity contribution is 6.18. The minimum atomic E-state index is 0.407. The average molecular weight is 255 g/mol. The van der Waals surface area contributed by atoms with Gasteiger partial charge in [0.25, 0.3) is 0 Å². The van der Waals surface area contributed by atoms with Gasteiger partial charge in [0, 0.05) is 19.1 Å². The van der Waals surface area contributed by atoms with Crippen molar-refractivity contribution >= 4 is 11.6 Å². The molecule has 0 fully saturated rings. The molecule has 1 aromatic rings. The van der Waals surface area contributed by atoms with Crippen molar-refractivity contribution in [3.63, 3.8) is 0 Å². The van der Waals surface area contributed by atoms with Crippen LogP contribution < -0.4 is 0 Å². The van der Waals surface area contributed by atoms with Gasteiger partial charge in [0.15, 0.2) is 0 Å². The third-order valence-electron chi connectivity index (χ3n) is 2.88. The second-order valence-electron chi connectivity index (χ2n) is 4.97. The van der Waals surface area contributed by atoms with Gasteiger partial charge in [0.05, 0.1) is 0 Å². The fourth-order valence-corrected chi connectivity index (χ4v) is 2.23. The second-order valence-corrected chi connectivity index (χ2v) is 5.27. The van der Waals surface area contributed by atoms with Crippen molar-refractivity contribution < 1.29 is 4.74 Å². The van der Waals surface area contributed by atoms with E-state index in [-0.39, 0.29) is 0 Å². The van der Waals surface area contributed by atoms with Gasteiger partial charge < -0.3 is 4.74 Å². The zero-order valence-corrected chi connectivity index (χ0v) is 11.8. The SMILES string of the molecule is Cc1ccccc1C(CCl)CCOCC(C)C. The highest BCUT2D eigenvalue weighted by Gasteiger charge is 2.12. The van der Waals surface area contributed by atoms with Crippen LogP contribution in [-0.2, 0) is 4.74 Å². The quantitative estimate of drug-likeness (QED) is 0.518. The average Bonchev–Trinajstić information content (AvgIpc) is 2.30. The third-order valence-corrected chi connectivity index (χ3v) is 3.25. The summed E-state index contributed by atoms with van der Waals surface area (Å²) in [5, 5.41) is 0. The Labute approximate surface area is 110 Å². The summed E-state index contributed by atoms with van der Waals surface area (Å²) >= 11 is 6.06. The number of benzene rings is 1. The maximum Gasteiger partial charge on any atom is 0.0488 e. The molecule has 0 aromatic heterocycles. The Morgan fingerprint density at radius 3 is 2.53 bits per heavy atom. The number of alkyl halides is 1. The molecular weight excluding hydrogens is 232 g/mol. The summed E-state index contributed by atoms with van der Waals surface area (Å²) in [6, 6.07) is 8.46. The van der Waals surface area contributed by atoms with Gasteiger partial charge in [0.2, 0.25) is 0 Å². The minimum Gasteiger partial charge on any atom is -0.381 e. The number of halogens is 1. The molecule has 0 radical (unpaired) electrons. The molecule has 0 bridgehead atoms. The molecule has 1 aromatic carbocycles. The fraction of sp³-hybridized carbons (Fsp3) is 0.600. The summed E-state index contributed by atoms with van der Waals surface area (Å²) in [7, 11) is 0. The Morgan fingerprint density at radius 1 is 1.24 bits per heavy atom. The molecule has 0 aliphatic heterocycles. The molecule has 1 rings (SSSR count). The lowest BCUT2D eigenvalue weighted by Gasteiger charge is -2.17. The van der Waals surface area contributed by atoms with Crippen LogP contribution >= 0.6 is 11.6 Å². The predicted octanol–water partition coefficient (Wildman–Crippen LogP) is 4.38. The van der Waals surface area contributed by atoms with Crippen LogP contribution in [0, 0.1) is 12.8 Å². The molecule has 0 aliphatic rings. The zero-order valence-electron chi connectivity index (χ0n) is 11.1. The molecule has 0 amide bonds. The number of hydrogen-bond donors (Lipinski definition) is 0. The lowest BCUT2D eigenvalue weighted by molar-refractivity contribution is 0.105. The van der Waals surface area contributed by atoms with E-state index >= 15 is 0 Å². The Bertz CT molecular complexity index is 322. The Kier molecular flexibility index (Phi) is 6.61. The number of rotatable bonds is 7. The van der Waals surface area contributed by atoms with Gasteiger partial charge in [-0.05, 0) is 36.3 Å². The number of aryl methyl sites for hydroxylation is 1. The van der Waals surface area contributed by atoms with E-state index in [2.05, 4.69) is 45.0 Å². The second kappa shape index (κ2) is 7.73. The van der Waals surface area contributed by atoms with Gasteiger partial charge in [-0.3, -0.25) is 0 Å². The van der Waals surface area contributed by atoms with Gasteiger partial charge in [0.1, 0.15) is 0 Å². The van der Waals surface area contributed by atoms with Crippen molar-refractivity contribution in [2.24, 2.45) is 5.92 Å². The van der Waals surface area contributed by atoms with Gasteiger partial charge in [-0.2, -0.15) is 0 Å². The molecule has 1 nitrogen and oxygen atoms in total. The van der Waals surface area contributed by atoms with Crippen LogP contribution in [0.4, 0.5) is 0 Å². The van der Waals surface area contributed by atoms with Crippen molar-refractivity contribution in [2.75, 3.05) is 19.1 Å². The summed E-state index contributed by atoms with van der Waals surface area (Å²) in [6.07, 6.45) is 1.00. The van der Waals surface area contributed by atoms with Crippen LogP contribution in [-0.4, -0.2) is 19.1 Å². The molecular formula is C15H23ClO. The first kappa shape index (κ1) is 14.5. The Balaban J connectivity index is 2.46. The van der Waals surface area contributed by atoms with E-state index in [1.165, 1.54) is 11.1 Å². The standard InChI is InChI=1S/C15H23ClO/c1-12(2)11-17-9-8-14(10-16)15-7-5-4-6-13(15)3/h4-7,12,14H,8-11H2,1-3H3. The topological polar surface area (TPSA) is 9.23 Å². The van der Waals surface area contributed by atoms with Gasteiger partial charge in [-0.1, -0.05) is 38.1 Å². The molecule has 1 unspecified atom stereocenters. The zero-order chi connectivity index (χ0) is 12.7. The van der Waals surface area contributed by atoms with E-state index in [1.807, 2.05) is 0 Å². The van der Waals surface area contributed by atoms with Crippen LogP contribution in [0.25, 0.3) is 0 Å². The smallest absolute Gasteiger partial charge is 0.0488 e.